The van der Waals surface area contributed by atoms with Crippen molar-refractivity contribution in [3.05, 3.63) is 34.1 Å². The molecule has 0 bridgehead atoms. The molecule has 0 spiro atoms. The van der Waals surface area contributed by atoms with Crippen LogP contribution in [0, 0.1) is 11.7 Å². The summed E-state index contributed by atoms with van der Waals surface area (Å²) >= 11 is 3.38. The number of rotatable bonds is 7. The lowest BCUT2D eigenvalue weighted by atomic mass is 10.1. The van der Waals surface area contributed by atoms with Gasteiger partial charge in [-0.1, -0.05) is 41.0 Å². The second-order valence-corrected chi connectivity index (χ2v) is 6.06. The zero-order valence-electron chi connectivity index (χ0n) is 11.8. The Hall–Kier alpha value is -1.14. The molecule has 0 heterocycles. The van der Waals surface area contributed by atoms with Gasteiger partial charge in [0.1, 0.15) is 11.7 Å². The van der Waals surface area contributed by atoms with Gasteiger partial charge in [-0.25, -0.2) is 4.39 Å². The van der Waals surface area contributed by atoms with E-state index in [1.165, 1.54) is 12.1 Å². The lowest BCUT2D eigenvalue weighted by Gasteiger charge is -2.24. The van der Waals surface area contributed by atoms with Crippen molar-refractivity contribution in [1.82, 2.24) is 4.90 Å². The van der Waals surface area contributed by atoms with Crippen molar-refractivity contribution in [2.45, 2.75) is 26.8 Å². The van der Waals surface area contributed by atoms with Gasteiger partial charge in [-0.2, -0.15) is 0 Å². The normalized spacial score (nSPS) is 12.4. The summed E-state index contributed by atoms with van der Waals surface area (Å²) in [6.07, 6.45) is 0.502. The van der Waals surface area contributed by atoms with E-state index in [-0.39, 0.29) is 11.7 Å². The maximum Gasteiger partial charge on any atom is 0.140 e. The molecule has 0 saturated heterocycles. The van der Waals surface area contributed by atoms with E-state index in [1.54, 1.807) is 6.07 Å². The minimum Gasteiger partial charge on any atom is -0.409 e. The minimum absolute atomic E-state index is 0.219. The third kappa shape index (κ3) is 5.88. The van der Waals surface area contributed by atoms with Crippen LogP contribution in [0.4, 0.5) is 4.39 Å². The number of oxime groups is 1. The monoisotopic (exact) mass is 345 g/mol. The Morgan fingerprint density at radius 3 is 2.75 bits per heavy atom. The highest BCUT2D eigenvalue weighted by atomic mass is 79.9. The van der Waals surface area contributed by atoms with Crippen LogP contribution in [0.3, 0.4) is 0 Å². The Kier molecular flexibility index (Phi) is 6.95. The van der Waals surface area contributed by atoms with Gasteiger partial charge >= 0.3 is 0 Å². The molecular formula is C14H21BrFN3O. The first kappa shape index (κ1) is 16.9. The summed E-state index contributed by atoms with van der Waals surface area (Å²) in [7, 11) is 0. The molecule has 3 N–H and O–H groups in total. The van der Waals surface area contributed by atoms with Gasteiger partial charge in [-0.3, -0.25) is 4.90 Å². The molecule has 0 aliphatic heterocycles. The lowest BCUT2D eigenvalue weighted by molar-refractivity contribution is 0.240. The molecule has 0 radical (unpaired) electrons. The third-order valence-corrected chi connectivity index (χ3v) is 3.58. The minimum atomic E-state index is -0.257. The van der Waals surface area contributed by atoms with Crippen LogP contribution in [0.2, 0.25) is 0 Å². The van der Waals surface area contributed by atoms with Crippen molar-refractivity contribution >= 4 is 21.8 Å². The second-order valence-electron chi connectivity index (χ2n) is 5.21. The van der Waals surface area contributed by atoms with Gasteiger partial charge in [0, 0.05) is 30.5 Å². The summed E-state index contributed by atoms with van der Waals surface area (Å²) < 4.78 is 13.9. The maximum absolute atomic E-state index is 13.1. The Morgan fingerprint density at radius 2 is 2.20 bits per heavy atom. The van der Waals surface area contributed by atoms with E-state index in [0.717, 1.165) is 16.6 Å². The highest BCUT2D eigenvalue weighted by Gasteiger charge is 2.11. The summed E-state index contributed by atoms with van der Waals surface area (Å²) in [6.45, 7) is 6.55. The molecule has 0 aliphatic rings. The Bertz CT molecular complexity index is 466. The third-order valence-electron chi connectivity index (χ3n) is 2.85. The summed E-state index contributed by atoms with van der Waals surface area (Å²) in [5.41, 5.74) is 6.53. The first-order valence-electron chi connectivity index (χ1n) is 6.55. The van der Waals surface area contributed by atoms with Crippen LogP contribution in [0.15, 0.2) is 27.8 Å². The molecule has 6 heteroatoms. The fourth-order valence-corrected chi connectivity index (χ4v) is 2.44. The van der Waals surface area contributed by atoms with Crippen LogP contribution < -0.4 is 5.73 Å². The molecule has 1 aromatic carbocycles. The smallest absolute Gasteiger partial charge is 0.140 e. The summed E-state index contributed by atoms with van der Waals surface area (Å²) in [4.78, 5) is 2.21. The molecule has 0 aromatic heterocycles. The average Bonchev–Trinajstić information content (AvgIpc) is 2.38. The molecule has 1 rings (SSSR count). The molecule has 0 amide bonds. The van der Waals surface area contributed by atoms with E-state index in [2.05, 4.69) is 39.8 Å². The van der Waals surface area contributed by atoms with E-state index in [0.29, 0.717) is 25.4 Å². The lowest BCUT2D eigenvalue weighted by Crippen LogP contribution is -2.31. The highest BCUT2D eigenvalue weighted by Crippen LogP contribution is 2.20. The van der Waals surface area contributed by atoms with Gasteiger partial charge < -0.3 is 10.9 Å². The number of benzene rings is 1. The van der Waals surface area contributed by atoms with E-state index >= 15 is 0 Å². The van der Waals surface area contributed by atoms with E-state index in [9.17, 15) is 4.39 Å². The first-order valence-corrected chi connectivity index (χ1v) is 7.34. The summed E-state index contributed by atoms with van der Waals surface area (Å²) in [6, 6.07) is 4.69. The summed E-state index contributed by atoms with van der Waals surface area (Å²) in [5, 5.41) is 11.6. The van der Waals surface area contributed by atoms with Gasteiger partial charge in [-0.05, 0) is 23.6 Å². The fourth-order valence-electron chi connectivity index (χ4n) is 1.96. The predicted molar refractivity (Wildman–Crippen MR) is 82.2 cm³/mol. The zero-order valence-corrected chi connectivity index (χ0v) is 13.4. The number of halogens is 2. The Labute approximate surface area is 127 Å². The van der Waals surface area contributed by atoms with Crippen molar-refractivity contribution < 1.29 is 9.60 Å². The molecule has 0 saturated carbocycles. The van der Waals surface area contributed by atoms with Gasteiger partial charge in [0.25, 0.3) is 0 Å². The SMILES string of the molecule is CC(C)CN(CCC(N)=NO)Cc1ccc(F)cc1Br. The topological polar surface area (TPSA) is 61.8 Å². The predicted octanol–water partition coefficient (Wildman–Crippen LogP) is 3.18. The number of hydrogen-bond acceptors (Lipinski definition) is 3. The average molecular weight is 346 g/mol. The maximum atomic E-state index is 13.1. The van der Waals surface area contributed by atoms with Gasteiger partial charge in [0.15, 0.2) is 0 Å². The number of amidine groups is 1. The van der Waals surface area contributed by atoms with Crippen LogP contribution in [0.25, 0.3) is 0 Å². The van der Waals surface area contributed by atoms with E-state index in [4.69, 9.17) is 10.9 Å². The van der Waals surface area contributed by atoms with Crippen LogP contribution >= 0.6 is 15.9 Å². The van der Waals surface area contributed by atoms with Crippen molar-refractivity contribution in [2.24, 2.45) is 16.8 Å². The van der Waals surface area contributed by atoms with E-state index < -0.39 is 0 Å². The Balaban J connectivity index is 2.72. The number of hydrogen-bond donors (Lipinski definition) is 2. The zero-order chi connectivity index (χ0) is 15.1. The number of nitrogens with zero attached hydrogens (tertiary/aromatic N) is 2. The second kappa shape index (κ2) is 8.21. The molecule has 20 heavy (non-hydrogen) atoms. The highest BCUT2D eigenvalue weighted by molar-refractivity contribution is 9.10. The summed E-state index contributed by atoms with van der Waals surface area (Å²) in [5.74, 6) is 0.464. The van der Waals surface area contributed by atoms with Crippen molar-refractivity contribution in [3.63, 3.8) is 0 Å². The van der Waals surface area contributed by atoms with Gasteiger partial charge in [0.2, 0.25) is 0 Å². The van der Waals surface area contributed by atoms with Crippen LogP contribution in [-0.2, 0) is 6.54 Å². The molecule has 4 nitrogen and oxygen atoms in total. The Morgan fingerprint density at radius 1 is 1.50 bits per heavy atom. The quantitative estimate of drug-likeness (QED) is 0.345. The van der Waals surface area contributed by atoms with Gasteiger partial charge in [0.05, 0.1) is 0 Å². The molecule has 1 aromatic rings. The van der Waals surface area contributed by atoms with Crippen molar-refractivity contribution in [1.29, 1.82) is 0 Å². The molecule has 0 atom stereocenters. The molecule has 0 unspecified atom stereocenters. The van der Waals surface area contributed by atoms with Gasteiger partial charge in [-0.15, -0.1) is 0 Å². The molecule has 112 valence electrons. The first-order chi connectivity index (χ1) is 9.42. The van der Waals surface area contributed by atoms with Crippen LogP contribution in [0.5, 0.6) is 0 Å². The van der Waals surface area contributed by atoms with Crippen molar-refractivity contribution in [3.8, 4) is 0 Å². The fraction of sp³-hybridized carbons (Fsp3) is 0.500. The van der Waals surface area contributed by atoms with Crippen molar-refractivity contribution in [2.75, 3.05) is 13.1 Å². The van der Waals surface area contributed by atoms with E-state index in [1.807, 2.05) is 0 Å². The molecular weight excluding hydrogens is 325 g/mol. The molecule has 0 aliphatic carbocycles. The van der Waals surface area contributed by atoms with Crippen LogP contribution in [-0.4, -0.2) is 29.0 Å². The standard InChI is InChI=1S/C14H21BrFN3O/c1-10(2)8-19(6-5-14(17)18-20)9-11-3-4-12(16)7-13(11)15/h3-4,7,10,20H,5-6,8-9H2,1-2H3,(H2,17,18). The number of nitrogens with two attached hydrogens (primary N) is 1. The van der Waals surface area contributed by atoms with Crippen LogP contribution in [0.1, 0.15) is 25.8 Å². The largest absolute Gasteiger partial charge is 0.409 e. The molecule has 0 fully saturated rings.